The molecule has 22 heavy (non-hydrogen) atoms. The summed E-state index contributed by atoms with van der Waals surface area (Å²) in [5, 5.41) is 0. The minimum Gasteiger partial charge on any atom is -0.469 e. The minimum absolute atomic E-state index is 0.154. The number of ether oxygens (including phenoxy) is 1. The Bertz CT molecular complexity index is 360. The number of amides is 1. The van der Waals surface area contributed by atoms with Gasteiger partial charge in [0.15, 0.2) is 0 Å². The Labute approximate surface area is 133 Å². The van der Waals surface area contributed by atoms with Gasteiger partial charge in [0, 0.05) is 45.8 Å². The molecule has 1 amide bonds. The van der Waals surface area contributed by atoms with Crippen LogP contribution in [0.25, 0.3) is 0 Å². The number of hydrogen-bond donors (Lipinski definition) is 0. The maximum atomic E-state index is 12.4. The smallest absolute Gasteiger partial charge is 0.306 e. The van der Waals surface area contributed by atoms with Crippen molar-refractivity contribution in [2.45, 2.75) is 32.1 Å². The van der Waals surface area contributed by atoms with Gasteiger partial charge in [0.25, 0.3) is 0 Å². The number of hydrogen-bond acceptors (Lipinski definition) is 5. The lowest BCUT2D eigenvalue weighted by Gasteiger charge is -2.35. The Morgan fingerprint density at radius 1 is 0.864 bits per heavy atom. The van der Waals surface area contributed by atoms with E-state index >= 15 is 0 Å². The van der Waals surface area contributed by atoms with Crippen LogP contribution in [0.5, 0.6) is 0 Å². The van der Waals surface area contributed by atoms with Crippen LogP contribution in [0.4, 0.5) is 0 Å². The zero-order valence-electron chi connectivity index (χ0n) is 13.8. The number of carbonyl (C=O) groups is 2. The summed E-state index contributed by atoms with van der Waals surface area (Å²) >= 11 is 0. The van der Waals surface area contributed by atoms with Gasteiger partial charge >= 0.3 is 5.97 Å². The largest absolute Gasteiger partial charge is 0.469 e. The summed E-state index contributed by atoms with van der Waals surface area (Å²) < 4.78 is 4.67. The van der Waals surface area contributed by atoms with Crippen molar-refractivity contribution in [3.8, 4) is 0 Å². The molecule has 2 aliphatic rings. The highest BCUT2D eigenvalue weighted by Gasteiger charge is 2.22. The van der Waals surface area contributed by atoms with Crippen LogP contribution in [0, 0.1) is 0 Å². The normalized spacial score (nSPS) is 21.4. The second-order valence-corrected chi connectivity index (χ2v) is 6.24. The van der Waals surface area contributed by atoms with Crippen molar-refractivity contribution < 1.29 is 14.3 Å². The summed E-state index contributed by atoms with van der Waals surface area (Å²) in [5.41, 5.74) is 0. The van der Waals surface area contributed by atoms with Gasteiger partial charge in [-0.25, -0.2) is 0 Å². The van der Waals surface area contributed by atoms with E-state index in [1.54, 1.807) is 0 Å². The highest BCUT2D eigenvalue weighted by atomic mass is 16.5. The molecule has 0 saturated carbocycles. The molecule has 2 rings (SSSR count). The first-order valence-electron chi connectivity index (χ1n) is 8.48. The van der Waals surface area contributed by atoms with E-state index in [9.17, 15) is 9.59 Å². The molecule has 0 unspecified atom stereocenters. The Morgan fingerprint density at radius 2 is 1.45 bits per heavy atom. The maximum Gasteiger partial charge on any atom is 0.306 e. The Morgan fingerprint density at radius 3 is 2.05 bits per heavy atom. The van der Waals surface area contributed by atoms with Gasteiger partial charge in [0.1, 0.15) is 0 Å². The number of carbonyl (C=O) groups excluding carboxylic acids is 2. The van der Waals surface area contributed by atoms with E-state index < -0.39 is 0 Å². The highest BCUT2D eigenvalue weighted by Crippen LogP contribution is 2.11. The molecular formula is C16H29N3O3. The van der Waals surface area contributed by atoms with Crippen LogP contribution in [0.1, 0.15) is 32.1 Å². The van der Waals surface area contributed by atoms with Crippen molar-refractivity contribution in [1.29, 1.82) is 0 Å². The summed E-state index contributed by atoms with van der Waals surface area (Å²) in [6.45, 7) is 6.80. The first-order chi connectivity index (χ1) is 10.7. The van der Waals surface area contributed by atoms with Crippen molar-refractivity contribution in [1.82, 2.24) is 14.7 Å². The molecule has 0 radical (unpaired) electrons. The SMILES string of the molecule is COC(=O)CCN1CCN(CC(=O)N2CCCCCC2)CC1. The van der Waals surface area contributed by atoms with Gasteiger partial charge in [-0.3, -0.25) is 14.5 Å². The Balaban J connectivity index is 1.66. The van der Waals surface area contributed by atoms with E-state index in [0.29, 0.717) is 13.0 Å². The number of nitrogens with zero attached hydrogens (tertiary/aromatic N) is 3. The molecule has 2 heterocycles. The molecule has 0 bridgehead atoms. The van der Waals surface area contributed by atoms with Crippen molar-refractivity contribution in [3.05, 3.63) is 0 Å². The molecule has 0 aliphatic carbocycles. The summed E-state index contributed by atoms with van der Waals surface area (Å²) in [4.78, 5) is 30.1. The summed E-state index contributed by atoms with van der Waals surface area (Å²) in [6.07, 6.45) is 5.24. The molecule has 6 heteroatoms. The van der Waals surface area contributed by atoms with E-state index in [4.69, 9.17) is 0 Å². The predicted molar refractivity (Wildman–Crippen MR) is 84.6 cm³/mol. The van der Waals surface area contributed by atoms with Crippen LogP contribution in [-0.2, 0) is 14.3 Å². The predicted octanol–water partition coefficient (Wildman–Crippen LogP) is 0.570. The van der Waals surface area contributed by atoms with Gasteiger partial charge in [-0.1, -0.05) is 12.8 Å². The van der Waals surface area contributed by atoms with E-state index in [2.05, 4.69) is 14.5 Å². The molecule has 0 aromatic heterocycles. The van der Waals surface area contributed by atoms with Crippen molar-refractivity contribution in [2.24, 2.45) is 0 Å². The quantitative estimate of drug-likeness (QED) is 0.695. The zero-order valence-corrected chi connectivity index (χ0v) is 13.8. The lowest BCUT2D eigenvalue weighted by molar-refractivity contribution is -0.141. The fourth-order valence-corrected chi connectivity index (χ4v) is 3.13. The van der Waals surface area contributed by atoms with Gasteiger partial charge in [0.05, 0.1) is 20.1 Å². The van der Waals surface area contributed by atoms with Gasteiger partial charge in [0.2, 0.25) is 5.91 Å². The van der Waals surface area contributed by atoms with E-state index in [0.717, 1.165) is 58.7 Å². The number of esters is 1. The molecule has 0 spiro atoms. The van der Waals surface area contributed by atoms with E-state index in [1.165, 1.54) is 20.0 Å². The number of likely N-dealkylation sites (tertiary alicyclic amines) is 1. The third-order valence-corrected chi connectivity index (χ3v) is 4.64. The van der Waals surface area contributed by atoms with Crippen LogP contribution in [0.2, 0.25) is 0 Å². The van der Waals surface area contributed by atoms with Crippen LogP contribution >= 0.6 is 0 Å². The fraction of sp³-hybridized carbons (Fsp3) is 0.875. The molecule has 6 nitrogen and oxygen atoms in total. The Kier molecular flexibility index (Phi) is 7.12. The lowest BCUT2D eigenvalue weighted by Crippen LogP contribution is -2.50. The average molecular weight is 311 g/mol. The number of rotatable bonds is 5. The lowest BCUT2D eigenvalue weighted by atomic mass is 10.2. The second kappa shape index (κ2) is 9.10. The maximum absolute atomic E-state index is 12.4. The van der Waals surface area contributed by atoms with E-state index in [1.807, 2.05) is 4.90 Å². The van der Waals surface area contributed by atoms with Crippen LogP contribution in [0.15, 0.2) is 0 Å². The first kappa shape index (κ1) is 17.2. The summed E-state index contributed by atoms with van der Waals surface area (Å²) in [5.74, 6) is 0.128. The topological polar surface area (TPSA) is 53.1 Å². The molecule has 126 valence electrons. The third-order valence-electron chi connectivity index (χ3n) is 4.64. The molecule has 0 N–H and O–H groups in total. The first-order valence-corrected chi connectivity index (χ1v) is 8.48. The zero-order chi connectivity index (χ0) is 15.8. The van der Waals surface area contributed by atoms with Crippen molar-refractivity contribution >= 4 is 11.9 Å². The Hall–Kier alpha value is -1.14. The molecule has 0 aromatic rings. The van der Waals surface area contributed by atoms with Crippen LogP contribution < -0.4 is 0 Å². The molecule has 0 aromatic carbocycles. The van der Waals surface area contributed by atoms with Crippen molar-refractivity contribution in [3.63, 3.8) is 0 Å². The molecular weight excluding hydrogens is 282 g/mol. The number of methoxy groups -OCH3 is 1. The number of piperazine rings is 1. The summed E-state index contributed by atoms with van der Waals surface area (Å²) in [6, 6.07) is 0. The fourth-order valence-electron chi connectivity index (χ4n) is 3.13. The van der Waals surface area contributed by atoms with Gasteiger partial charge < -0.3 is 14.5 Å². The van der Waals surface area contributed by atoms with E-state index in [-0.39, 0.29) is 11.9 Å². The molecule has 2 fully saturated rings. The second-order valence-electron chi connectivity index (χ2n) is 6.24. The van der Waals surface area contributed by atoms with Crippen LogP contribution in [0.3, 0.4) is 0 Å². The molecule has 2 saturated heterocycles. The third kappa shape index (κ3) is 5.57. The van der Waals surface area contributed by atoms with Gasteiger partial charge in [-0.05, 0) is 12.8 Å². The van der Waals surface area contributed by atoms with Gasteiger partial charge in [-0.15, -0.1) is 0 Å². The van der Waals surface area contributed by atoms with Crippen LogP contribution in [-0.4, -0.2) is 86.0 Å². The standard InChI is InChI=1S/C16H29N3O3/c1-22-16(21)6-9-17-10-12-18(13-11-17)14-15(20)19-7-4-2-3-5-8-19/h2-14H2,1H3. The van der Waals surface area contributed by atoms with Gasteiger partial charge in [-0.2, -0.15) is 0 Å². The molecule has 2 aliphatic heterocycles. The minimum atomic E-state index is -0.154. The summed E-state index contributed by atoms with van der Waals surface area (Å²) in [7, 11) is 1.43. The molecule has 0 atom stereocenters. The van der Waals surface area contributed by atoms with Crippen molar-refractivity contribution in [2.75, 3.05) is 59.5 Å². The monoisotopic (exact) mass is 311 g/mol. The highest BCUT2D eigenvalue weighted by molar-refractivity contribution is 5.78. The average Bonchev–Trinajstić information content (AvgIpc) is 2.83.